The van der Waals surface area contributed by atoms with Crippen molar-refractivity contribution in [3.05, 3.63) is 69.7 Å². The molecule has 0 aliphatic rings. The zero-order valence-electron chi connectivity index (χ0n) is 11.0. The lowest BCUT2D eigenvalue weighted by Gasteiger charge is -2.08. The number of hydrogen-bond acceptors (Lipinski definition) is 3. The Morgan fingerprint density at radius 2 is 1.95 bits per heavy atom. The van der Waals surface area contributed by atoms with Crippen molar-refractivity contribution in [1.29, 1.82) is 0 Å². The average molecular weight is 335 g/mol. The Hall–Kier alpha value is -1.55. The topological polar surface area (TPSA) is 24.9 Å². The van der Waals surface area contributed by atoms with Crippen molar-refractivity contribution in [2.75, 3.05) is 5.32 Å². The molecule has 0 bridgehead atoms. The molecule has 1 N–H and O–H groups in total. The summed E-state index contributed by atoms with van der Waals surface area (Å²) < 4.78 is 0. The molecule has 1 heterocycles. The van der Waals surface area contributed by atoms with Crippen LogP contribution < -0.4 is 5.32 Å². The van der Waals surface area contributed by atoms with E-state index < -0.39 is 0 Å². The maximum absolute atomic E-state index is 6.02. The molecule has 0 spiro atoms. The molecule has 0 saturated heterocycles. The van der Waals surface area contributed by atoms with Gasteiger partial charge in [0.2, 0.25) is 0 Å². The molecule has 21 heavy (non-hydrogen) atoms. The number of nitrogens with zero attached hydrogens (tertiary/aromatic N) is 1. The van der Waals surface area contributed by atoms with Gasteiger partial charge >= 0.3 is 0 Å². The van der Waals surface area contributed by atoms with Crippen molar-refractivity contribution in [3.8, 4) is 10.6 Å². The number of hydrogen-bond donors (Lipinski definition) is 1. The smallest absolute Gasteiger partial charge is 0.123 e. The van der Waals surface area contributed by atoms with E-state index in [9.17, 15) is 0 Å². The number of thiazole rings is 1. The summed E-state index contributed by atoms with van der Waals surface area (Å²) >= 11 is 13.6. The normalized spacial score (nSPS) is 10.6. The minimum atomic E-state index is 0.575. The number of aromatic nitrogens is 1. The first-order valence-corrected chi connectivity index (χ1v) is 8.04. The second-order valence-corrected chi connectivity index (χ2v) is 6.23. The Bertz CT molecular complexity index is 742. The van der Waals surface area contributed by atoms with Crippen molar-refractivity contribution < 1.29 is 0 Å². The molecule has 0 aliphatic carbocycles. The highest BCUT2D eigenvalue weighted by molar-refractivity contribution is 7.13. The molecule has 5 heteroatoms. The van der Waals surface area contributed by atoms with Gasteiger partial charge in [-0.2, -0.15) is 0 Å². The van der Waals surface area contributed by atoms with Crippen LogP contribution in [0.5, 0.6) is 0 Å². The lowest BCUT2D eigenvalue weighted by molar-refractivity contribution is 1.15. The molecule has 0 radical (unpaired) electrons. The van der Waals surface area contributed by atoms with Crippen molar-refractivity contribution in [1.82, 2.24) is 4.98 Å². The van der Waals surface area contributed by atoms with Gasteiger partial charge in [-0.15, -0.1) is 11.3 Å². The van der Waals surface area contributed by atoms with Crippen LogP contribution in [0.25, 0.3) is 10.6 Å². The van der Waals surface area contributed by atoms with Crippen molar-refractivity contribution in [2.24, 2.45) is 0 Å². The summed E-state index contributed by atoms with van der Waals surface area (Å²) in [6.07, 6.45) is 1.82. The van der Waals surface area contributed by atoms with E-state index >= 15 is 0 Å². The van der Waals surface area contributed by atoms with Crippen LogP contribution in [0.2, 0.25) is 10.0 Å². The Morgan fingerprint density at radius 1 is 1.05 bits per heavy atom. The van der Waals surface area contributed by atoms with Gasteiger partial charge in [-0.1, -0.05) is 41.4 Å². The third-order valence-corrected chi connectivity index (χ3v) is 4.58. The van der Waals surface area contributed by atoms with Gasteiger partial charge in [0.05, 0.1) is 10.0 Å². The summed E-state index contributed by atoms with van der Waals surface area (Å²) in [6, 6.07) is 13.9. The number of rotatable bonds is 4. The van der Waals surface area contributed by atoms with E-state index in [-0.39, 0.29) is 0 Å². The van der Waals surface area contributed by atoms with Crippen LogP contribution in [0.15, 0.2) is 54.0 Å². The Morgan fingerprint density at radius 3 is 2.71 bits per heavy atom. The highest BCUT2D eigenvalue weighted by Crippen LogP contribution is 2.26. The molecule has 106 valence electrons. The van der Waals surface area contributed by atoms with Gasteiger partial charge in [0.25, 0.3) is 0 Å². The zero-order chi connectivity index (χ0) is 14.7. The molecule has 0 atom stereocenters. The molecular formula is C16H12Cl2N2S. The highest BCUT2D eigenvalue weighted by Gasteiger charge is 2.03. The highest BCUT2D eigenvalue weighted by atomic mass is 35.5. The molecule has 0 aliphatic heterocycles. The van der Waals surface area contributed by atoms with Crippen molar-refractivity contribution >= 4 is 40.2 Å². The largest absolute Gasteiger partial charge is 0.381 e. The van der Waals surface area contributed by atoms with E-state index in [1.165, 1.54) is 0 Å². The second kappa shape index (κ2) is 6.48. The van der Waals surface area contributed by atoms with E-state index in [2.05, 4.69) is 22.4 Å². The summed E-state index contributed by atoms with van der Waals surface area (Å²) in [5.74, 6) is 0. The molecule has 3 aromatic rings. The van der Waals surface area contributed by atoms with Crippen LogP contribution in [-0.4, -0.2) is 4.98 Å². The zero-order valence-corrected chi connectivity index (χ0v) is 13.3. The number of benzene rings is 2. The average Bonchev–Trinajstić information content (AvgIpc) is 3.03. The van der Waals surface area contributed by atoms with Gasteiger partial charge < -0.3 is 5.32 Å². The Labute approximate surface area is 137 Å². The molecule has 0 saturated carbocycles. The summed E-state index contributed by atoms with van der Waals surface area (Å²) in [6.45, 7) is 0.693. The van der Waals surface area contributed by atoms with Gasteiger partial charge in [0.15, 0.2) is 0 Å². The lowest BCUT2D eigenvalue weighted by Crippen LogP contribution is -1.99. The van der Waals surface area contributed by atoms with Gasteiger partial charge in [-0.05, 0) is 29.8 Å². The second-order valence-electron chi connectivity index (χ2n) is 4.52. The van der Waals surface area contributed by atoms with E-state index in [1.54, 1.807) is 11.3 Å². The summed E-state index contributed by atoms with van der Waals surface area (Å²) in [5, 5.41) is 7.54. The molecule has 0 unspecified atom stereocenters. The third-order valence-electron chi connectivity index (χ3n) is 3.02. The predicted octanol–water partition coefficient (Wildman–Crippen LogP) is 5.73. The molecule has 0 fully saturated rings. The molecule has 0 amide bonds. The van der Waals surface area contributed by atoms with Gasteiger partial charge in [-0.25, -0.2) is 4.98 Å². The van der Waals surface area contributed by atoms with E-state index in [0.717, 1.165) is 21.8 Å². The maximum Gasteiger partial charge on any atom is 0.123 e. The quantitative estimate of drug-likeness (QED) is 0.659. The van der Waals surface area contributed by atoms with Gasteiger partial charge in [0, 0.05) is 29.4 Å². The minimum absolute atomic E-state index is 0.575. The Balaban J connectivity index is 1.73. The molecule has 3 rings (SSSR count). The monoisotopic (exact) mass is 334 g/mol. The molecule has 2 aromatic carbocycles. The maximum atomic E-state index is 6.02. The standard InChI is InChI=1S/C16H12Cl2N2S/c17-14-5-4-11(8-15(14)18)10-20-13-3-1-2-12(9-13)16-19-6-7-21-16/h1-9,20H,10H2. The number of nitrogens with one attached hydrogen (secondary N) is 1. The first-order chi connectivity index (χ1) is 10.2. The number of anilines is 1. The SMILES string of the molecule is Clc1ccc(CNc2cccc(-c3nccs3)c2)cc1Cl. The fourth-order valence-electron chi connectivity index (χ4n) is 1.98. The molecular weight excluding hydrogens is 323 g/mol. The Kier molecular flexibility index (Phi) is 4.44. The van der Waals surface area contributed by atoms with Crippen LogP contribution in [-0.2, 0) is 6.54 Å². The van der Waals surface area contributed by atoms with E-state index in [4.69, 9.17) is 23.2 Å². The first-order valence-electron chi connectivity index (χ1n) is 6.40. The lowest BCUT2D eigenvalue weighted by atomic mass is 10.2. The van der Waals surface area contributed by atoms with Crippen LogP contribution >= 0.6 is 34.5 Å². The molecule has 2 nitrogen and oxygen atoms in total. The fraction of sp³-hybridized carbons (Fsp3) is 0.0625. The van der Waals surface area contributed by atoms with Gasteiger partial charge in [-0.3, -0.25) is 0 Å². The van der Waals surface area contributed by atoms with Crippen molar-refractivity contribution in [3.63, 3.8) is 0 Å². The van der Waals surface area contributed by atoms with Gasteiger partial charge in [0.1, 0.15) is 5.01 Å². The predicted molar refractivity (Wildman–Crippen MR) is 91.3 cm³/mol. The molecule has 1 aromatic heterocycles. The van der Waals surface area contributed by atoms with Crippen LogP contribution in [0, 0.1) is 0 Å². The van der Waals surface area contributed by atoms with Crippen LogP contribution in [0.3, 0.4) is 0 Å². The van der Waals surface area contributed by atoms with Crippen LogP contribution in [0.1, 0.15) is 5.56 Å². The fourth-order valence-corrected chi connectivity index (χ4v) is 2.94. The van der Waals surface area contributed by atoms with Crippen molar-refractivity contribution in [2.45, 2.75) is 6.54 Å². The van der Waals surface area contributed by atoms with E-state index in [0.29, 0.717) is 16.6 Å². The summed E-state index contributed by atoms with van der Waals surface area (Å²) in [4.78, 5) is 4.33. The summed E-state index contributed by atoms with van der Waals surface area (Å²) in [5.41, 5.74) is 3.25. The van der Waals surface area contributed by atoms with E-state index in [1.807, 2.05) is 41.9 Å². The third kappa shape index (κ3) is 3.56. The number of halogens is 2. The summed E-state index contributed by atoms with van der Waals surface area (Å²) in [7, 11) is 0. The first kappa shape index (κ1) is 14.4. The van der Waals surface area contributed by atoms with Crippen LogP contribution in [0.4, 0.5) is 5.69 Å². The minimum Gasteiger partial charge on any atom is -0.381 e.